The fourth-order valence-electron chi connectivity index (χ4n) is 3.89. The molecule has 4 aromatic heterocycles. The van der Waals surface area contributed by atoms with Crippen LogP contribution in [0.15, 0.2) is 49.1 Å². The van der Waals surface area contributed by atoms with Gasteiger partial charge in [-0.3, -0.25) is 20.1 Å². The number of nitrogens with zero attached hydrogens (tertiary/aromatic N) is 6. The fourth-order valence-corrected chi connectivity index (χ4v) is 4.80. The van der Waals surface area contributed by atoms with E-state index in [4.69, 9.17) is 10.00 Å². The molecule has 12 heteroatoms. The molecule has 1 aliphatic rings. The van der Waals surface area contributed by atoms with Crippen LogP contribution in [0.25, 0.3) is 11.1 Å². The first-order valence-electron chi connectivity index (χ1n) is 10.8. The highest BCUT2D eigenvalue weighted by Crippen LogP contribution is 2.55. The fraction of sp³-hybridized carbons (Fsp3) is 0.208. The van der Waals surface area contributed by atoms with Crippen LogP contribution < -0.4 is 10.1 Å². The molecule has 1 fully saturated rings. The largest absolute Gasteiger partial charge is 0.494 e. The monoisotopic (exact) mass is 505 g/mol. The molecule has 36 heavy (non-hydrogen) atoms. The molecule has 0 bridgehead atoms. The van der Waals surface area contributed by atoms with Crippen LogP contribution in [0.3, 0.4) is 0 Å². The van der Waals surface area contributed by atoms with Crippen molar-refractivity contribution in [3.8, 4) is 22.9 Å². The van der Waals surface area contributed by atoms with Gasteiger partial charge in [-0.25, -0.2) is 13.8 Å². The Morgan fingerprint density at radius 1 is 1.17 bits per heavy atom. The highest BCUT2D eigenvalue weighted by Gasteiger charge is 2.42. The van der Waals surface area contributed by atoms with Gasteiger partial charge in [0.2, 0.25) is 5.13 Å². The number of ether oxygens (including phenoxy) is 1. The second-order valence-electron chi connectivity index (χ2n) is 7.97. The number of carbonyl (C=O) groups excluding carboxylic acids is 1. The quantitative estimate of drug-likeness (QED) is 0.382. The predicted octanol–water partition coefficient (Wildman–Crippen LogP) is 4.73. The molecular formula is C24H17F2N7O2S. The third kappa shape index (κ3) is 4.60. The van der Waals surface area contributed by atoms with Gasteiger partial charge in [0.1, 0.15) is 28.2 Å². The number of nitriles is 1. The molecule has 0 aliphatic heterocycles. The van der Waals surface area contributed by atoms with E-state index < -0.39 is 18.0 Å². The third-order valence-corrected chi connectivity index (χ3v) is 6.76. The Morgan fingerprint density at radius 2 is 2.03 bits per heavy atom. The number of aromatic nitrogens is 5. The zero-order valence-corrected chi connectivity index (χ0v) is 19.5. The SMILES string of the molecule is COc1cnc(C(F)F)cc1-c1cnccc1C(=O)Nc1nnc(C2C[C@H]2c2ccc(C#N)nc2)s1. The van der Waals surface area contributed by atoms with Crippen LogP contribution in [0.5, 0.6) is 5.75 Å². The topological polar surface area (TPSA) is 127 Å². The number of carbonyl (C=O) groups is 1. The maximum absolute atomic E-state index is 13.3. The van der Waals surface area contributed by atoms with Crippen LogP contribution in [0.2, 0.25) is 0 Å². The van der Waals surface area contributed by atoms with Gasteiger partial charge in [-0.15, -0.1) is 10.2 Å². The molecule has 1 amide bonds. The molecule has 4 heterocycles. The zero-order chi connectivity index (χ0) is 25.2. The van der Waals surface area contributed by atoms with Crippen LogP contribution in [-0.4, -0.2) is 38.2 Å². The van der Waals surface area contributed by atoms with E-state index in [1.807, 2.05) is 12.1 Å². The van der Waals surface area contributed by atoms with Crippen LogP contribution in [0.1, 0.15) is 57.0 Å². The van der Waals surface area contributed by atoms with Gasteiger partial charge in [0, 0.05) is 35.6 Å². The minimum atomic E-state index is -2.78. The summed E-state index contributed by atoms with van der Waals surface area (Å²) in [7, 11) is 1.39. The van der Waals surface area contributed by atoms with E-state index in [1.54, 1.807) is 12.3 Å². The molecular weight excluding hydrogens is 488 g/mol. The molecule has 0 radical (unpaired) electrons. The smallest absolute Gasteiger partial charge is 0.280 e. The second kappa shape index (κ2) is 9.71. The van der Waals surface area contributed by atoms with Crippen molar-refractivity contribution in [2.24, 2.45) is 0 Å². The standard InChI is InChI=1S/C24H17F2N7O2S/c1-35-20-11-30-19(21(25)26)7-16(20)18-10-28-5-4-14(18)22(34)31-24-33-32-23(36-24)17-6-15(17)12-2-3-13(8-27)29-9-12/h2-5,7,9-11,15,17,21H,6H2,1H3,(H,31,33,34)/t15-,17?/m0/s1. The van der Waals surface area contributed by atoms with Gasteiger partial charge in [0.05, 0.1) is 18.9 Å². The lowest BCUT2D eigenvalue weighted by Crippen LogP contribution is -2.13. The molecule has 4 aromatic rings. The van der Waals surface area contributed by atoms with Crippen molar-refractivity contribution in [3.05, 3.63) is 76.6 Å². The Hall–Kier alpha value is -4.37. The van der Waals surface area contributed by atoms with Crippen molar-refractivity contribution in [3.63, 3.8) is 0 Å². The van der Waals surface area contributed by atoms with Crippen molar-refractivity contribution >= 4 is 22.4 Å². The van der Waals surface area contributed by atoms with Gasteiger partial charge < -0.3 is 4.74 Å². The summed E-state index contributed by atoms with van der Waals surface area (Å²) in [5.41, 5.74) is 1.75. The summed E-state index contributed by atoms with van der Waals surface area (Å²) in [5, 5.41) is 21.1. The van der Waals surface area contributed by atoms with Crippen molar-refractivity contribution in [2.75, 3.05) is 12.4 Å². The molecule has 0 spiro atoms. The summed E-state index contributed by atoms with van der Waals surface area (Å²) in [6.07, 6.45) is 3.83. The van der Waals surface area contributed by atoms with Crippen molar-refractivity contribution in [1.29, 1.82) is 5.26 Å². The number of pyridine rings is 3. The van der Waals surface area contributed by atoms with Crippen LogP contribution in [0, 0.1) is 11.3 Å². The Balaban J connectivity index is 1.35. The summed E-state index contributed by atoms with van der Waals surface area (Å²) < 4.78 is 31.8. The molecule has 1 saturated carbocycles. The molecule has 2 atom stereocenters. The van der Waals surface area contributed by atoms with E-state index in [0.29, 0.717) is 16.4 Å². The lowest BCUT2D eigenvalue weighted by atomic mass is 10.0. The molecule has 5 rings (SSSR count). The second-order valence-corrected chi connectivity index (χ2v) is 8.98. The van der Waals surface area contributed by atoms with Gasteiger partial charge in [-0.05, 0) is 36.1 Å². The first kappa shape index (κ1) is 23.4. The zero-order valence-electron chi connectivity index (χ0n) is 18.7. The van der Waals surface area contributed by atoms with Crippen molar-refractivity contribution in [1.82, 2.24) is 25.1 Å². The number of methoxy groups -OCH3 is 1. The van der Waals surface area contributed by atoms with Gasteiger partial charge in [0.25, 0.3) is 12.3 Å². The van der Waals surface area contributed by atoms with E-state index in [0.717, 1.165) is 17.0 Å². The molecule has 9 nitrogen and oxygen atoms in total. The maximum atomic E-state index is 13.3. The number of nitrogens with one attached hydrogen (secondary N) is 1. The van der Waals surface area contributed by atoms with E-state index >= 15 is 0 Å². The minimum absolute atomic E-state index is 0.160. The van der Waals surface area contributed by atoms with Gasteiger partial charge >= 0.3 is 0 Å². The van der Waals surface area contributed by atoms with Crippen LogP contribution in [0.4, 0.5) is 13.9 Å². The summed E-state index contributed by atoms with van der Waals surface area (Å²) in [6, 6.07) is 8.25. The summed E-state index contributed by atoms with van der Waals surface area (Å²) in [6.45, 7) is 0. The Kier molecular flexibility index (Phi) is 6.30. The number of halogens is 2. The van der Waals surface area contributed by atoms with Gasteiger partial charge in [-0.1, -0.05) is 17.4 Å². The molecule has 1 unspecified atom stereocenters. The molecule has 1 N–H and O–H groups in total. The van der Waals surface area contributed by atoms with E-state index in [-0.39, 0.29) is 28.7 Å². The average molecular weight is 506 g/mol. The summed E-state index contributed by atoms with van der Waals surface area (Å²) in [5.74, 6) is 0.137. The Bertz CT molecular complexity index is 1470. The van der Waals surface area contributed by atoms with E-state index in [1.165, 1.54) is 49.2 Å². The third-order valence-electron chi connectivity index (χ3n) is 5.79. The number of hydrogen-bond acceptors (Lipinski definition) is 9. The molecule has 0 aromatic carbocycles. The molecule has 0 saturated heterocycles. The first-order chi connectivity index (χ1) is 17.5. The highest BCUT2D eigenvalue weighted by molar-refractivity contribution is 7.15. The highest BCUT2D eigenvalue weighted by atomic mass is 32.1. The first-order valence-corrected chi connectivity index (χ1v) is 11.6. The van der Waals surface area contributed by atoms with Gasteiger partial charge in [-0.2, -0.15) is 5.26 Å². The van der Waals surface area contributed by atoms with Gasteiger partial charge in [0.15, 0.2) is 0 Å². The number of amides is 1. The van der Waals surface area contributed by atoms with Crippen LogP contribution in [-0.2, 0) is 0 Å². The normalized spacial score (nSPS) is 16.4. The lowest BCUT2D eigenvalue weighted by Gasteiger charge is -2.13. The number of rotatable bonds is 7. The lowest BCUT2D eigenvalue weighted by molar-refractivity contribution is 0.102. The number of alkyl halides is 2. The van der Waals surface area contributed by atoms with E-state index in [2.05, 4.69) is 30.5 Å². The molecule has 1 aliphatic carbocycles. The summed E-state index contributed by atoms with van der Waals surface area (Å²) >= 11 is 1.27. The predicted molar refractivity (Wildman–Crippen MR) is 126 cm³/mol. The molecule has 180 valence electrons. The Morgan fingerprint density at radius 3 is 2.75 bits per heavy atom. The summed E-state index contributed by atoms with van der Waals surface area (Å²) in [4.78, 5) is 25.0. The Labute approximate surface area is 207 Å². The number of anilines is 1. The van der Waals surface area contributed by atoms with Crippen molar-refractivity contribution < 1.29 is 18.3 Å². The average Bonchev–Trinajstić information content (AvgIpc) is 3.58. The maximum Gasteiger partial charge on any atom is 0.280 e. The minimum Gasteiger partial charge on any atom is -0.494 e. The van der Waals surface area contributed by atoms with E-state index in [9.17, 15) is 13.6 Å². The van der Waals surface area contributed by atoms with Crippen molar-refractivity contribution in [2.45, 2.75) is 24.7 Å². The number of hydrogen-bond donors (Lipinski definition) is 1. The van der Waals surface area contributed by atoms with Crippen LogP contribution >= 0.6 is 11.3 Å².